The number of hydrazine groups is 1. The van der Waals surface area contributed by atoms with Crippen molar-refractivity contribution < 1.29 is 9.13 Å². The lowest BCUT2D eigenvalue weighted by molar-refractivity contribution is 0.0595. The van der Waals surface area contributed by atoms with Crippen molar-refractivity contribution in [1.29, 1.82) is 0 Å². The van der Waals surface area contributed by atoms with Gasteiger partial charge < -0.3 is 4.74 Å². The highest BCUT2D eigenvalue weighted by Gasteiger charge is 2.23. The Hall–Kier alpha value is -0.680. The van der Waals surface area contributed by atoms with Gasteiger partial charge >= 0.3 is 0 Å². The van der Waals surface area contributed by atoms with Gasteiger partial charge in [-0.25, -0.2) is 4.39 Å². The van der Waals surface area contributed by atoms with Crippen LogP contribution in [0.1, 0.15) is 31.4 Å². The average Bonchev–Trinajstić information content (AvgIpc) is 2.31. The summed E-state index contributed by atoms with van der Waals surface area (Å²) in [5.41, 5.74) is 3.08. The third-order valence-corrected chi connectivity index (χ3v) is 2.96. The van der Waals surface area contributed by atoms with Crippen molar-refractivity contribution in [2.45, 2.75) is 31.9 Å². The fourth-order valence-corrected chi connectivity index (χ4v) is 2.02. The predicted molar refractivity (Wildman–Crippen MR) is 67.2 cm³/mol. The Kier molecular flexibility index (Phi) is 5.85. The third kappa shape index (κ3) is 3.64. The third-order valence-electron chi connectivity index (χ3n) is 2.72. The zero-order valence-electron chi connectivity index (χ0n) is 10.0. The lowest BCUT2D eigenvalue weighted by Gasteiger charge is -2.25. The van der Waals surface area contributed by atoms with Gasteiger partial charge in [0.15, 0.2) is 0 Å². The Bertz CT molecular complexity index is 362. The van der Waals surface area contributed by atoms with E-state index in [1.807, 2.05) is 6.92 Å². The zero-order valence-corrected chi connectivity index (χ0v) is 10.8. The fourth-order valence-electron chi connectivity index (χ4n) is 1.86. The molecule has 0 bridgehead atoms. The summed E-state index contributed by atoms with van der Waals surface area (Å²) >= 11 is 5.72. The Morgan fingerprint density at radius 3 is 2.71 bits per heavy atom. The summed E-state index contributed by atoms with van der Waals surface area (Å²) in [6, 6.07) is 4.17. The van der Waals surface area contributed by atoms with Crippen LogP contribution in [0, 0.1) is 5.82 Å². The van der Waals surface area contributed by atoms with Gasteiger partial charge in [0, 0.05) is 17.7 Å². The molecule has 0 heterocycles. The van der Waals surface area contributed by atoms with Gasteiger partial charge in [-0.3, -0.25) is 11.3 Å². The molecule has 0 saturated heterocycles. The second-order valence-electron chi connectivity index (χ2n) is 3.87. The Labute approximate surface area is 106 Å². The molecule has 1 aromatic carbocycles. The summed E-state index contributed by atoms with van der Waals surface area (Å²) in [6.45, 7) is 2.04. The van der Waals surface area contributed by atoms with Gasteiger partial charge in [-0.15, -0.1) is 0 Å². The van der Waals surface area contributed by atoms with E-state index in [1.54, 1.807) is 19.2 Å². The summed E-state index contributed by atoms with van der Waals surface area (Å²) in [4.78, 5) is 0. The molecule has 2 unspecified atom stereocenters. The molecule has 0 saturated carbocycles. The van der Waals surface area contributed by atoms with Crippen LogP contribution >= 0.6 is 11.6 Å². The van der Waals surface area contributed by atoms with Crippen LogP contribution < -0.4 is 11.3 Å². The Morgan fingerprint density at radius 1 is 1.53 bits per heavy atom. The standard InChI is InChI=1S/C12H18ClFN2O/c1-3-4-11(17-2)12(16-15)9-6-5-8(13)7-10(9)14/h5-7,11-12,16H,3-4,15H2,1-2H3. The van der Waals surface area contributed by atoms with Gasteiger partial charge in [-0.2, -0.15) is 0 Å². The first-order valence-corrected chi connectivity index (χ1v) is 5.95. The molecule has 0 spiro atoms. The molecular formula is C12H18ClFN2O. The van der Waals surface area contributed by atoms with Crippen LogP contribution in [0.5, 0.6) is 0 Å². The number of nitrogens with one attached hydrogen (secondary N) is 1. The van der Waals surface area contributed by atoms with Crippen molar-refractivity contribution in [1.82, 2.24) is 5.43 Å². The number of methoxy groups -OCH3 is 1. The van der Waals surface area contributed by atoms with Gasteiger partial charge in [-0.05, 0) is 18.6 Å². The predicted octanol–water partition coefficient (Wildman–Crippen LogP) is 2.80. The number of hydrogen-bond donors (Lipinski definition) is 2. The number of ether oxygens (including phenoxy) is 1. The van der Waals surface area contributed by atoms with Gasteiger partial charge in [0.1, 0.15) is 5.82 Å². The first-order valence-electron chi connectivity index (χ1n) is 5.57. The van der Waals surface area contributed by atoms with Crippen LogP contribution in [0.2, 0.25) is 5.02 Å². The number of halogens is 2. The van der Waals surface area contributed by atoms with Crippen LogP contribution in [0.4, 0.5) is 4.39 Å². The average molecular weight is 261 g/mol. The second-order valence-corrected chi connectivity index (χ2v) is 4.31. The van der Waals surface area contributed by atoms with Crippen LogP contribution in [0.25, 0.3) is 0 Å². The van der Waals surface area contributed by atoms with E-state index in [9.17, 15) is 4.39 Å². The number of benzene rings is 1. The zero-order chi connectivity index (χ0) is 12.8. The lowest BCUT2D eigenvalue weighted by atomic mass is 9.98. The molecular weight excluding hydrogens is 243 g/mol. The number of hydrogen-bond acceptors (Lipinski definition) is 3. The summed E-state index contributed by atoms with van der Waals surface area (Å²) < 4.78 is 19.1. The molecule has 3 nitrogen and oxygen atoms in total. The van der Waals surface area contributed by atoms with E-state index in [4.69, 9.17) is 22.2 Å². The minimum Gasteiger partial charge on any atom is -0.379 e. The molecule has 0 aromatic heterocycles. The van der Waals surface area contributed by atoms with Crippen LogP contribution in [-0.4, -0.2) is 13.2 Å². The van der Waals surface area contributed by atoms with Crippen molar-refractivity contribution in [3.8, 4) is 0 Å². The van der Waals surface area contributed by atoms with E-state index in [1.165, 1.54) is 6.07 Å². The van der Waals surface area contributed by atoms with Crippen LogP contribution in [0.3, 0.4) is 0 Å². The van der Waals surface area contributed by atoms with Crippen molar-refractivity contribution in [3.05, 3.63) is 34.6 Å². The van der Waals surface area contributed by atoms with Gasteiger partial charge in [0.2, 0.25) is 0 Å². The molecule has 0 amide bonds. The lowest BCUT2D eigenvalue weighted by Crippen LogP contribution is -2.38. The Balaban J connectivity index is 2.99. The van der Waals surface area contributed by atoms with E-state index in [2.05, 4.69) is 5.43 Å². The molecule has 0 aliphatic heterocycles. The monoisotopic (exact) mass is 260 g/mol. The molecule has 0 aliphatic rings. The van der Waals surface area contributed by atoms with E-state index in [0.29, 0.717) is 10.6 Å². The highest BCUT2D eigenvalue weighted by Crippen LogP contribution is 2.26. The van der Waals surface area contributed by atoms with E-state index in [-0.39, 0.29) is 18.0 Å². The molecule has 5 heteroatoms. The summed E-state index contributed by atoms with van der Waals surface area (Å²) in [5, 5.41) is 0.367. The van der Waals surface area contributed by atoms with Crippen LogP contribution in [0.15, 0.2) is 18.2 Å². The molecule has 3 N–H and O–H groups in total. The maximum absolute atomic E-state index is 13.8. The molecule has 17 heavy (non-hydrogen) atoms. The summed E-state index contributed by atoms with van der Waals surface area (Å²) in [6.07, 6.45) is 1.57. The summed E-state index contributed by atoms with van der Waals surface area (Å²) in [5.74, 6) is 5.11. The number of rotatable bonds is 6. The van der Waals surface area contributed by atoms with Crippen molar-refractivity contribution in [2.24, 2.45) is 5.84 Å². The number of nitrogens with two attached hydrogens (primary N) is 1. The first-order chi connectivity index (χ1) is 8.13. The molecule has 0 radical (unpaired) electrons. The second kappa shape index (κ2) is 6.91. The van der Waals surface area contributed by atoms with E-state index < -0.39 is 0 Å². The Morgan fingerprint density at radius 2 is 2.24 bits per heavy atom. The SMILES string of the molecule is CCCC(OC)C(NN)c1ccc(Cl)cc1F. The molecule has 1 rings (SSSR count). The minimum absolute atomic E-state index is 0.166. The summed E-state index contributed by atoms with van der Waals surface area (Å²) in [7, 11) is 1.60. The topological polar surface area (TPSA) is 47.3 Å². The maximum atomic E-state index is 13.8. The highest BCUT2D eigenvalue weighted by atomic mass is 35.5. The highest BCUT2D eigenvalue weighted by molar-refractivity contribution is 6.30. The molecule has 2 atom stereocenters. The molecule has 0 fully saturated rings. The minimum atomic E-state index is -0.378. The van der Waals surface area contributed by atoms with Crippen molar-refractivity contribution >= 4 is 11.6 Å². The molecule has 0 aliphatic carbocycles. The molecule has 1 aromatic rings. The normalized spacial score (nSPS) is 14.6. The smallest absolute Gasteiger partial charge is 0.129 e. The quantitative estimate of drug-likeness (QED) is 0.611. The maximum Gasteiger partial charge on any atom is 0.129 e. The van der Waals surface area contributed by atoms with Crippen molar-refractivity contribution in [2.75, 3.05) is 7.11 Å². The van der Waals surface area contributed by atoms with Gasteiger partial charge in [0.05, 0.1) is 12.1 Å². The largest absolute Gasteiger partial charge is 0.379 e. The van der Waals surface area contributed by atoms with Gasteiger partial charge in [0.25, 0.3) is 0 Å². The first kappa shape index (κ1) is 14.4. The fraction of sp³-hybridized carbons (Fsp3) is 0.500. The molecule has 96 valence electrons. The van der Waals surface area contributed by atoms with Gasteiger partial charge in [-0.1, -0.05) is 31.0 Å². The van der Waals surface area contributed by atoms with Crippen LogP contribution in [-0.2, 0) is 4.74 Å². The van der Waals surface area contributed by atoms with E-state index >= 15 is 0 Å². The van der Waals surface area contributed by atoms with Crippen molar-refractivity contribution in [3.63, 3.8) is 0 Å². The van der Waals surface area contributed by atoms with E-state index in [0.717, 1.165) is 12.8 Å².